The highest BCUT2D eigenvalue weighted by atomic mass is 16.5. The molecule has 0 saturated carbocycles. The SMILES string of the molecule is CCn1nc(C(=O)OCC(=O)N2C(C)CCCC2C)c2ccccc2c1=O. The fourth-order valence-corrected chi connectivity index (χ4v) is 3.78. The normalized spacial score (nSPS) is 19.9. The Balaban J connectivity index is 1.81. The summed E-state index contributed by atoms with van der Waals surface area (Å²) >= 11 is 0. The van der Waals surface area contributed by atoms with E-state index in [9.17, 15) is 14.4 Å². The van der Waals surface area contributed by atoms with Crippen LogP contribution in [0.3, 0.4) is 0 Å². The van der Waals surface area contributed by atoms with Crippen LogP contribution >= 0.6 is 0 Å². The van der Waals surface area contributed by atoms with Gasteiger partial charge in [0.25, 0.3) is 11.5 Å². The van der Waals surface area contributed by atoms with E-state index < -0.39 is 5.97 Å². The molecule has 0 bridgehead atoms. The maximum Gasteiger partial charge on any atom is 0.359 e. The van der Waals surface area contributed by atoms with E-state index in [0.717, 1.165) is 19.3 Å². The van der Waals surface area contributed by atoms with Crippen molar-refractivity contribution in [2.45, 2.75) is 58.7 Å². The zero-order valence-electron chi connectivity index (χ0n) is 16.0. The number of hydrogen-bond acceptors (Lipinski definition) is 5. The van der Waals surface area contributed by atoms with E-state index in [2.05, 4.69) is 5.10 Å². The van der Waals surface area contributed by atoms with Crippen molar-refractivity contribution in [3.8, 4) is 0 Å². The lowest BCUT2D eigenvalue weighted by Gasteiger charge is -2.38. The average molecular weight is 371 g/mol. The topological polar surface area (TPSA) is 81.5 Å². The first-order chi connectivity index (χ1) is 12.9. The number of hydrogen-bond donors (Lipinski definition) is 0. The number of fused-ring (bicyclic) bond motifs is 1. The molecule has 1 amide bonds. The quantitative estimate of drug-likeness (QED) is 0.771. The molecule has 0 aliphatic carbocycles. The second kappa shape index (κ2) is 7.90. The van der Waals surface area contributed by atoms with Crippen LogP contribution in [-0.2, 0) is 16.1 Å². The Labute approximate surface area is 157 Å². The third-order valence-electron chi connectivity index (χ3n) is 5.17. The van der Waals surface area contributed by atoms with Gasteiger partial charge in [0.2, 0.25) is 0 Å². The van der Waals surface area contributed by atoms with Crippen molar-refractivity contribution in [1.82, 2.24) is 14.7 Å². The summed E-state index contributed by atoms with van der Waals surface area (Å²) in [7, 11) is 0. The van der Waals surface area contributed by atoms with Crippen molar-refractivity contribution in [2.75, 3.05) is 6.61 Å². The second-order valence-corrected chi connectivity index (χ2v) is 7.02. The minimum Gasteiger partial charge on any atom is -0.451 e. The molecule has 0 spiro atoms. The van der Waals surface area contributed by atoms with Crippen molar-refractivity contribution in [3.63, 3.8) is 0 Å². The minimum atomic E-state index is -0.695. The standard InChI is InChI=1S/C20H25N3O4/c1-4-22-19(25)16-11-6-5-10-15(16)18(21-22)20(26)27-12-17(24)23-13(2)8-7-9-14(23)3/h5-6,10-11,13-14H,4,7-9,12H2,1-3H3. The summed E-state index contributed by atoms with van der Waals surface area (Å²) in [5, 5.41) is 4.99. The predicted molar refractivity (Wildman–Crippen MR) is 102 cm³/mol. The van der Waals surface area contributed by atoms with Gasteiger partial charge in [0.1, 0.15) is 0 Å². The molecule has 1 aromatic heterocycles. The summed E-state index contributed by atoms with van der Waals surface area (Å²) in [6.45, 7) is 5.82. The van der Waals surface area contributed by atoms with Crippen molar-refractivity contribution in [1.29, 1.82) is 0 Å². The number of nitrogens with zero attached hydrogens (tertiary/aromatic N) is 3. The van der Waals surface area contributed by atoms with Gasteiger partial charge in [-0.2, -0.15) is 5.10 Å². The van der Waals surface area contributed by atoms with E-state index in [1.54, 1.807) is 36.1 Å². The number of aromatic nitrogens is 2. The molecule has 2 unspecified atom stereocenters. The number of likely N-dealkylation sites (tertiary alicyclic amines) is 1. The first-order valence-corrected chi connectivity index (χ1v) is 9.42. The van der Waals surface area contributed by atoms with Crippen LogP contribution in [0.1, 0.15) is 50.5 Å². The van der Waals surface area contributed by atoms with E-state index in [-0.39, 0.29) is 35.9 Å². The molecule has 1 saturated heterocycles. The van der Waals surface area contributed by atoms with Crippen molar-refractivity contribution in [2.24, 2.45) is 0 Å². The van der Waals surface area contributed by atoms with Gasteiger partial charge in [-0.25, -0.2) is 9.48 Å². The molecule has 1 aliphatic heterocycles. The first kappa shape index (κ1) is 19.1. The highest BCUT2D eigenvalue weighted by Gasteiger charge is 2.29. The lowest BCUT2D eigenvalue weighted by atomic mass is 9.97. The number of benzene rings is 1. The summed E-state index contributed by atoms with van der Waals surface area (Å²) in [5.74, 6) is -0.893. The highest BCUT2D eigenvalue weighted by molar-refractivity contribution is 6.02. The van der Waals surface area contributed by atoms with Crippen LogP contribution in [0.5, 0.6) is 0 Å². The molecule has 3 rings (SSSR count). The van der Waals surface area contributed by atoms with Gasteiger partial charge in [-0.15, -0.1) is 0 Å². The molecule has 7 heteroatoms. The number of carbonyl (C=O) groups is 2. The number of aryl methyl sites for hydroxylation is 1. The molecule has 7 nitrogen and oxygen atoms in total. The van der Waals surface area contributed by atoms with Crippen LogP contribution in [0.2, 0.25) is 0 Å². The summed E-state index contributed by atoms with van der Waals surface area (Å²) < 4.78 is 6.51. The largest absolute Gasteiger partial charge is 0.451 e. The van der Waals surface area contributed by atoms with E-state index >= 15 is 0 Å². The molecule has 144 valence electrons. The average Bonchev–Trinajstić information content (AvgIpc) is 2.66. The molecule has 1 fully saturated rings. The molecule has 0 radical (unpaired) electrons. The molecule has 2 atom stereocenters. The van der Waals surface area contributed by atoms with Gasteiger partial charge in [-0.1, -0.05) is 18.2 Å². The minimum absolute atomic E-state index is 0.0552. The lowest BCUT2D eigenvalue weighted by molar-refractivity contribution is -0.140. The number of esters is 1. The van der Waals surface area contributed by atoms with Gasteiger partial charge >= 0.3 is 5.97 Å². The van der Waals surface area contributed by atoms with Gasteiger partial charge in [0.05, 0.1) is 5.39 Å². The molecule has 27 heavy (non-hydrogen) atoms. The fourth-order valence-electron chi connectivity index (χ4n) is 3.78. The summed E-state index contributed by atoms with van der Waals surface area (Å²) in [5.41, 5.74) is -0.198. The Kier molecular flexibility index (Phi) is 5.58. The fraction of sp³-hybridized carbons (Fsp3) is 0.500. The van der Waals surface area contributed by atoms with Crippen molar-refractivity contribution in [3.05, 3.63) is 40.3 Å². The Morgan fingerprint density at radius 3 is 2.41 bits per heavy atom. The van der Waals surface area contributed by atoms with E-state index in [1.807, 2.05) is 13.8 Å². The summed E-state index contributed by atoms with van der Waals surface area (Å²) in [6.07, 6.45) is 3.01. The summed E-state index contributed by atoms with van der Waals surface area (Å²) in [4.78, 5) is 39.4. The van der Waals surface area contributed by atoms with Crippen LogP contribution in [0.25, 0.3) is 10.8 Å². The molecule has 1 aromatic carbocycles. The Morgan fingerprint density at radius 1 is 1.15 bits per heavy atom. The molecule has 2 heterocycles. The van der Waals surface area contributed by atoms with Gasteiger partial charge in [0, 0.05) is 24.0 Å². The third-order valence-corrected chi connectivity index (χ3v) is 5.17. The lowest BCUT2D eigenvalue weighted by Crippen LogP contribution is -2.49. The second-order valence-electron chi connectivity index (χ2n) is 7.02. The van der Waals surface area contributed by atoms with Gasteiger partial charge in [-0.3, -0.25) is 9.59 Å². The van der Waals surface area contributed by atoms with Crippen LogP contribution in [0.15, 0.2) is 29.1 Å². The molecular weight excluding hydrogens is 346 g/mol. The number of rotatable bonds is 4. The smallest absolute Gasteiger partial charge is 0.359 e. The Hall–Kier alpha value is -2.70. The maximum absolute atomic E-state index is 12.6. The third kappa shape index (κ3) is 3.72. The Morgan fingerprint density at radius 2 is 1.78 bits per heavy atom. The number of amides is 1. The van der Waals surface area contributed by atoms with Gasteiger partial charge in [0.15, 0.2) is 12.3 Å². The molecule has 0 N–H and O–H groups in total. The highest BCUT2D eigenvalue weighted by Crippen LogP contribution is 2.22. The first-order valence-electron chi connectivity index (χ1n) is 9.42. The summed E-state index contributed by atoms with van der Waals surface area (Å²) in [6, 6.07) is 7.07. The monoisotopic (exact) mass is 371 g/mol. The number of ether oxygens (including phenoxy) is 1. The van der Waals surface area contributed by atoms with Gasteiger partial charge < -0.3 is 9.64 Å². The number of piperidine rings is 1. The van der Waals surface area contributed by atoms with Crippen LogP contribution in [-0.4, -0.2) is 45.2 Å². The van der Waals surface area contributed by atoms with Crippen LogP contribution < -0.4 is 5.56 Å². The van der Waals surface area contributed by atoms with Gasteiger partial charge in [-0.05, 0) is 46.1 Å². The van der Waals surface area contributed by atoms with E-state index in [0.29, 0.717) is 17.3 Å². The molecule has 1 aliphatic rings. The van der Waals surface area contributed by atoms with Crippen LogP contribution in [0, 0.1) is 0 Å². The van der Waals surface area contributed by atoms with Crippen molar-refractivity contribution < 1.29 is 14.3 Å². The predicted octanol–water partition coefficient (Wildman–Crippen LogP) is 2.36. The molecule has 2 aromatic rings. The number of carbonyl (C=O) groups excluding carboxylic acids is 2. The van der Waals surface area contributed by atoms with E-state index in [1.165, 1.54) is 4.68 Å². The zero-order valence-corrected chi connectivity index (χ0v) is 16.0. The van der Waals surface area contributed by atoms with Crippen LogP contribution in [0.4, 0.5) is 0 Å². The maximum atomic E-state index is 12.6. The zero-order chi connectivity index (χ0) is 19.6. The van der Waals surface area contributed by atoms with Crippen molar-refractivity contribution >= 4 is 22.6 Å². The Bertz CT molecular complexity index is 911. The van der Waals surface area contributed by atoms with E-state index in [4.69, 9.17) is 4.74 Å². The molecular formula is C20H25N3O4.